The zero-order valence-corrected chi connectivity index (χ0v) is 20.1. The van der Waals surface area contributed by atoms with Crippen LogP contribution in [0.15, 0.2) is 40.8 Å². The Bertz CT molecular complexity index is 845. The third-order valence-corrected chi connectivity index (χ3v) is 6.47. The van der Waals surface area contributed by atoms with Crippen molar-refractivity contribution in [3.63, 3.8) is 0 Å². The Morgan fingerprint density at radius 3 is 2.70 bits per heavy atom. The minimum Gasteiger partial charge on any atom is -0.370 e. The highest BCUT2D eigenvalue weighted by Crippen LogP contribution is 2.26. The molecule has 2 aliphatic rings. The number of aliphatic imine (C=N–C) groups is 1. The molecule has 30 heavy (non-hydrogen) atoms. The fourth-order valence-electron chi connectivity index (χ4n) is 3.95. The summed E-state index contributed by atoms with van der Waals surface area (Å²) in [6.07, 6.45) is 6.16. The van der Waals surface area contributed by atoms with Crippen LogP contribution in [0.25, 0.3) is 0 Å². The van der Waals surface area contributed by atoms with E-state index in [0.29, 0.717) is 12.5 Å². The molecule has 0 radical (unpaired) electrons. The molecule has 162 valence electrons. The summed E-state index contributed by atoms with van der Waals surface area (Å²) in [6.45, 7) is 3.98. The van der Waals surface area contributed by atoms with Gasteiger partial charge in [0.15, 0.2) is 11.1 Å². The van der Waals surface area contributed by atoms with E-state index < -0.39 is 0 Å². The summed E-state index contributed by atoms with van der Waals surface area (Å²) >= 11 is 1.66. The fraction of sp³-hybridized carbons (Fsp3) is 0.476. The summed E-state index contributed by atoms with van der Waals surface area (Å²) in [5.41, 5.74) is 8.12. The van der Waals surface area contributed by atoms with Gasteiger partial charge >= 0.3 is 0 Å². The highest BCUT2D eigenvalue weighted by Gasteiger charge is 2.22. The van der Waals surface area contributed by atoms with Crippen LogP contribution in [0.5, 0.6) is 0 Å². The van der Waals surface area contributed by atoms with E-state index in [0.717, 1.165) is 68.2 Å². The molecule has 2 heterocycles. The number of rotatable bonds is 5. The standard InChI is InChI=1S/C21H28N6OS.HI/c22-20(26-9-11-27(12-10-26)21-23-8-13-29-21)24-15-16-4-3-7-18(14-16)25-19(28)17-5-1-2-6-17;/h3-4,7-8,13-14,17H,1-2,5-6,9-12,15H2,(H2,22,24)(H,25,28);1H. The van der Waals surface area contributed by atoms with Gasteiger partial charge in [0.05, 0.1) is 6.54 Å². The lowest BCUT2D eigenvalue weighted by Crippen LogP contribution is -2.51. The molecule has 0 atom stereocenters. The predicted molar refractivity (Wildman–Crippen MR) is 134 cm³/mol. The number of nitrogens with zero attached hydrogens (tertiary/aromatic N) is 4. The zero-order valence-electron chi connectivity index (χ0n) is 17.0. The highest BCUT2D eigenvalue weighted by atomic mass is 127. The van der Waals surface area contributed by atoms with Crippen molar-refractivity contribution in [1.82, 2.24) is 9.88 Å². The van der Waals surface area contributed by atoms with Gasteiger partial charge in [-0.25, -0.2) is 9.98 Å². The molecule has 1 aromatic carbocycles. The van der Waals surface area contributed by atoms with E-state index in [9.17, 15) is 4.79 Å². The first-order valence-corrected chi connectivity index (χ1v) is 11.2. The number of carbonyl (C=O) groups excluding carboxylic acids is 1. The molecule has 0 bridgehead atoms. The van der Waals surface area contributed by atoms with Crippen LogP contribution in [0.2, 0.25) is 0 Å². The van der Waals surface area contributed by atoms with Gasteiger partial charge in [-0.1, -0.05) is 25.0 Å². The molecular formula is C21H29IN6OS. The fourth-order valence-corrected chi connectivity index (χ4v) is 4.65. The highest BCUT2D eigenvalue weighted by molar-refractivity contribution is 14.0. The Morgan fingerprint density at radius 1 is 1.23 bits per heavy atom. The summed E-state index contributed by atoms with van der Waals surface area (Å²) in [4.78, 5) is 25.7. The predicted octanol–water partition coefficient (Wildman–Crippen LogP) is 3.53. The Morgan fingerprint density at radius 2 is 2.00 bits per heavy atom. The van der Waals surface area contributed by atoms with Gasteiger partial charge in [-0.15, -0.1) is 35.3 Å². The lowest BCUT2D eigenvalue weighted by Gasteiger charge is -2.35. The first-order valence-electron chi connectivity index (χ1n) is 10.3. The number of amides is 1. The molecule has 1 saturated heterocycles. The molecule has 0 unspecified atom stereocenters. The van der Waals surface area contributed by atoms with Crippen LogP contribution in [0.3, 0.4) is 0 Å². The summed E-state index contributed by atoms with van der Waals surface area (Å²) in [7, 11) is 0. The van der Waals surface area contributed by atoms with Crippen LogP contribution in [-0.4, -0.2) is 47.9 Å². The molecule has 2 aromatic rings. The maximum absolute atomic E-state index is 12.3. The minimum absolute atomic E-state index is 0. The van der Waals surface area contributed by atoms with Crippen molar-refractivity contribution >= 4 is 58.0 Å². The monoisotopic (exact) mass is 540 g/mol. The van der Waals surface area contributed by atoms with E-state index in [1.165, 1.54) is 0 Å². The Balaban J connectivity index is 0.00000256. The maximum Gasteiger partial charge on any atom is 0.227 e. The Kier molecular flexibility index (Phi) is 8.32. The number of thiazole rings is 1. The summed E-state index contributed by atoms with van der Waals surface area (Å²) in [5.74, 6) is 0.875. The van der Waals surface area contributed by atoms with Crippen molar-refractivity contribution in [2.24, 2.45) is 16.6 Å². The summed E-state index contributed by atoms with van der Waals surface area (Å²) in [5, 5.41) is 6.12. The number of piperazine rings is 1. The molecule has 1 aliphatic carbocycles. The molecule has 1 aromatic heterocycles. The number of anilines is 2. The molecule has 0 spiro atoms. The van der Waals surface area contributed by atoms with E-state index in [2.05, 4.69) is 25.1 Å². The SMILES string of the molecule is I.NC(=NCc1cccc(NC(=O)C2CCCC2)c1)N1CCN(c2nccs2)CC1. The molecule has 3 N–H and O–H groups in total. The van der Waals surface area contributed by atoms with E-state index in [4.69, 9.17) is 5.73 Å². The minimum atomic E-state index is 0. The number of aromatic nitrogens is 1. The molecule has 1 aliphatic heterocycles. The number of benzene rings is 1. The van der Waals surface area contributed by atoms with Gasteiger partial charge in [0.1, 0.15) is 0 Å². The van der Waals surface area contributed by atoms with Crippen LogP contribution < -0.4 is 16.0 Å². The molecule has 1 saturated carbocycles. The number of hydrogen-bond donors (Lipinski definition) is 2. The average molecular weight is 540 g/mol. The van der Waals surface area contributed by atoms with Crippen LogP contribution in [0.1, 0.15) is 31.2 Å². The van der Waals surface area contributed by atoms with Crippen molar-refractivity contribution in [2.45, 2.75) is 32.2 Å². The van der Waals surface area contributed by atoms with Crippen LogP contribution in [0, 0.1) is 5.92 Å². The van der Waals surface area contributed by atoms with E-state index in [1.54, 1.807) is 11.3 Å². The second kappa shape index (κ2) is 10.9. The quantitative estimate of drug-likeness (QED) is 0.345. The van der Waals surface area contributed by atoms with Crippen molar-refractivity contribution in [3.05, 3.63) is 41.4 Å². The number of nitrogens with one attached hydrogen (secondary N) is 1. The van der Waals surface area contributed by atoms with Gasteiger partial charge in [-0.2, -0.15) is 0 Å². The van der Waals surface area contributed by atoms with Crippen LogP contribution in [0.4, 0.5) is 10.8 Å². The third-order valence-electron chi connectivity index (χ3n) is 5.64. The molecule has 2 fully saturated rings. The number of nitrogens with two attached hydrogens (primary N) is 1. The Hall–Kier alpha value is -1.88. The second-order valence-corrected chi connectivity index (χ2v) is 8.51. The summed E-state index contributed by atoms with van der Waals surface area (Å²) in [6, 6.07) is 7.89. The van der Waals surface area contributed by atoms with Gasteiger partial charge in [-0.3, -0.25) is 4.79 Å². The topological polar surface area (TPSA) is 86.8 Å². The van der Waals surface area contributed by atoms with Crippen molar-refractivity contribution in [3.8, 4) is 0 Å². The van der Waals surface area contributed by atoms with Crippen LogP contribution in [-0.2, 0) is 11.3 Å². The lowest BCUT2D eigenvalue weighted by atomic mass is 10.1. The van der Waals surface area contributed by atoms with E-state index in [-0.39, 0.29) is 35.8 Å². The van der Waals surface area contributed by atoms with Crippen molar-refractivity contribution < 1.29 is 4.79 Å². The van der Waals surface area contributed by atoms with Gasteiger partial charge in [0.2, 0.25) is 5.91 Å². The number of hydrogen-bond acceptors (Lipinski definition) is 5. The van der Waals surface area contributed by atoms with E-state index >= 15 is 0 Å². The largest absolute Gasteiger partial charge is 0.370 e. The zero-order chi connectivity index (χ0) is 20.1. The van der Waals surface area contributed by atoms with E-state index in [1.807, 2.05) is 35.8 Å². The first kappa shape index (κ1) is 22.8. The molecule has 7 nitrogen and oxygen atoms in total. The van der Waals surface area contributed by atoms with Crippen molar-refractivity contribution in [1.29, 1.82) is 0 Å². The number of guanidine groups is 1. The third kappa shape index (κ3) is 5.84. The number of carbonyl (C=O) groups is 1. The number of halogens is 1. The molecule has 4 rings (SSSR count). The van der Waals surface area contributed by atoms with Gasteiger partial charge in [-0.05, 0) is 30.5 Å². The molecule has 1 amide bonds. The van der Waals surface area contributed by atoms with Gasteiger partial charge < -0.3 is 20.9 Å². The normalized spacial score (nSPS) is 17.7. The smallest absolute Gasteiger partial charge is 0.227 e. The molecular weight excluding hydrogens is 511 g/mol. The molecule has 9 heteroatoms. The van der Waals surface area contributed by atoms with Crippen LogP contribution >= 0.6 is 35.3 Å². The lowest BCUT2D eigenvalue weighted by molar-refractivity contribution is -0.119. The van der Waals surface area contributed by atoms with Crippen molar-refractivity contribution in [2.75, 3.05) is 36.4 Å². The summed E-state index contributed by atoms with van der Waals surface area (Å²) < 4.78 is 0. The first-order chi connectivity index (χ1) is 14.2. The maximum atomic E-state index is 12.3. The van der Waals surface area contributed by atoms with Gasteiger partial charge in [0.25, 0.3) is 0 Å². The van der Waals surface area contributed by atoms with Gasteiger partial charge in [0, 0.05) is 49.4 Å². The average Bonchev–Trinajstić information content (AvgIpc) is 3.47. The Labute approximate surface area is 198 Å². The second-order valence-electron chi connectivity index (χ2n) is 7.63.